The van der Waals surface area contributed by atoms with Gasteiger partial charge in [-0.3, -0.25) is 9.69 Å². The smallest absolute Gasteiger partial charge is 0.257 e. The number of anilines is 1. The van der Waals surface area contributed by atoms with Crippen molar-refractivity contribution in [2.45, 2.75) is 12.5 Å². The highest BCUT2D eigenvalue weighted by atomic mass is 19.1. The van der Waals surface area contributed by atoms with E-state index < -0.39 is 0 Å². The summed E-state index contributed by atoms with van der Waals surface area (Å²) in [6.45, 7) is 2.93. The van der Waals surface area contributed by atoms with E-state index in [0.29, 0.717) is 38.3 Å². The van der Waals surface area contributed by atoms with Crippen LogP contribution in [0.5, 0.6) is 11.5 Å². The van der Waals surface area contributed by atoms with Crippen molar-refractivity contribution < 1.29 is 18.7 Å². The van der Waals surface area contributed by atoms with Gasteiger partial charge in [0, 0.05) is 38.2 Å². The molecular weight excluding hydrogens is 471 g/mol. The zero-order chi connectivity index (χ0) is 25.8. The molecule has 2 aliphatic rings. The van der Waals surface area contributed by atoms with Crippen molar-refractivity contribution in [1.82, 2.24) is 9.91 Å². The third-order valence-electron chi connectivity index (χ3n) is 6.99. The van der Waals surface area contributed by atoms with Crippen molar-refractivity contribution in [3.63, 3.8) is 0 Å². The van der Waals surface area contributed by atoms with E-state index in [1.165, 1.54) is 6.07 Å². The number of amides is 1. The van der Waals surface area contributed by atoms with Gasteiger partial charge in [-0.05, 0) is 42.0 Å². The molecule has 1 atom stereocenters. The first-order valence-corrected chi connectivity index (χ1v) is 12.5. The van der Waals surface area contributed by atoms with Gasteiger partial charge in [0.1, 0.15) is 17.3 Å². The van der Waals surface area contributed by atoms with Crippen molar-refractivity contribution in [3.05, 3.63) is 89.7 Å². The predicted molar refractivity (Wildman–Crippen MR) is 142 cm³/mol. The fourth-order valence-electron chi connectivity index (χ4n) is 4.92. The van der Waals surface area contributed by atoms with Gasteiger partial charge in [-0.2, -0.15) is 5.10 Å². The molecule has 8 heteroatoms. The first-order valence-electron chi connectivity index (χ1n) is 12.5. The summed E-state index contributed by atoms with van der Waals surface area (Å²) in [4.78, 5) is 17.7. The molecule has 37 heavy (non-hydrogen) atoms. The van der Waals surface area contributed by atoms with Crippen LogP contribution in [0.4, 0.5) is 10.1 Å². The van der Waals surface area contributed by atoms with Crippen LogP contribution in [0, 0.1) is 5.82 Å². The van der Waals surface area contributed by atoms with Gasteiger partial charge in [0.15, 0.2) is 0 Å². The van der Waals surface area contributed by atoms with Gasteiger partial charge in [-0.15, -0.1) is 0 Å². The first kappa shape index (κ1) is 24.8. The van der Waals surface area contributed by atoms with Crippen LogP contribution in [0.2, 0.25) is 0 Å². The molecule has 0 saturated carbocycles. The molecule has 0 bridgehead atoms. The topological polar surface area (TPSA) is 57.6 Å². The van der Waals surface area contributed by atoms with E-state index in [1.807, 2.05) is 59.5 Å². The molecule has 7 nitrogen and oxygen atoms in total. The molecule has 0 radical (unpaired) electrons. The van der Waals surface area contributed by atoms with Gasteiger partial charge in [0.05, 0.1) is 38.2 Å². The fraction of sp³-hybridized carbons (Fsp3) is 0.310. The Hall–Kier alpha value is -3.91. The largest absolute Gasteiger partial charge is 0.497 e. The Bertz CT molecular complexity index is 1270. The molecule has 1 unspecified atom stereocenters. The quantitative estimate of drug-likeness (QED) is 0.481. The van der Waals surface area contributed by atoms with Gasteiger partial charge in [0.2, 0.25) is 0 Å². The first-order chi connectivity index (χ1) is 18.1. The third-order valence-corrected chi connectivity index (χ3v) is 6.99. The number of hydrogen-bond donors (Lipinski definition) is 0. The van der Waals surface area contributed by atoms with Crippen LogP contribution >= 0.6 is 0 Å². The molecule has 1 saturated heterocycles. The molecule has 1 fully saturated rings. The van der Waals surface area contributed by atoms with Gasteiger partial charge in [0.25, 0.3) is 5.91 Å². The summed E-state index contributed by atoms with van der Waals surface area (Å²) in [7, 11) is 3.27. The van der Waals surface area contributed by atoms with Crippen LogP contribution < -0.4 is 14.4 Å². The molecule has 1 amide bonds. The van der Waals surface area contributed by atoms with Crippen molar-refractivity contribution >= 4 is 17.3 Å². The van der Waals surface area contributed by atoms with Crippen LogP contribution in [-0.2, 0) is 4.79 Å². The van der Waals surface area contributed by atoms with Crippen LogP contribution in [-0.4, -0.2) is 68.5 Å². The van der Waals surface area contributed by atoms with Crippen LogP contribution in [0.1, 0.15) is 23.6 Å². The summed E-state index contributed by atoms with van der Waals surface area (Å²) < 4.78 is 24.9. The fourth-order valence-corrected chi connectivity index (χ4v) is 4.92. The number of hydrazone groups is 1. The minimum absolute atomic E-state index is 0.0574. The van der Waals surface area contributed by atoms with Gasteiger partial charge >= 0.3 is 0 Å². The number of carbonyl (C=O) groups excluding carboxylic acids is 1. The normalized spacial score (nSPS) is 18.0. The van der Waals surface area contributed by atoms with E-state index in [1.54, 1.807) is 31.4 Å². The number of hydrogen-bond acceptors (Lipinski definition) is 6. The lowest BCUT2D eigenvalue weighted by Crippen LogP contribution is -2.49. The number of rotatable bonds is 7. The van der Waals surface area contributed by atoms with Crippen LogP contribution in [0.15, 0.2) is 77.9 Å². The Labute approximate surface area is 216 Å². The average molecular weight is 503 g/mol. The predicted octanol–water partition coefficient (Wildman–Crippen LogP) is 4.34. The van der Waals surface area contributed by atoms with Crippen LogP contribution in [0.3, 0.4) is 0 Å². The Morgan fingerprint density at radius 2 is 1.65 bits per heavy atom. The number of nitrogens with zero attached hydrogens (tertiary/aromatic N) is 4. The van der Waals surface area contributed by atoms with E-state index in [0.717, 1.165) is 28.3 Å². The standard InChI is InChI=1S/C29H31FN4O3/c1-36-23-12-10-21(11-13-23)28-19-26(22-6-5-7-24(18-22)37-2)31-34(28)29(35)20-32-14-16-33(17-15-32)27-9-4-3-8-25(27)30/h3-13,18,28H,14-17,19-20H2,1-2H3. The second-order valence-corrected chi connectivity index (χ2v) is 9.22. The molecule has 0 aliphatic carbocycles. The molecule has 0 aromatic heterocycles. The lowest BCUT2D eigenvalue weighted by molar-refractivity contribution is -0.134. The summed E-state index contributed by atoms with van der Waals surface area (Å²) in [6.07, 6.45) is 0.603. The molecule has 0 spiro atoms. The summed E-state index contributed by atoms with van der Waals surface area (Å²) in [5.74, 6) is 1.24. The maximum atomic E-state index is 14.2. The molecule has 3 aromatic carbocycles. The highest BCUT2D eigenvalue weighted by Gasteiger charge is 2.34. The van der Waals surface area contributed by atoms with E-state index in [-0.39, 0.29) is 24.3 Å². The van der Waals surface area contributed by atoms with Crippen LogP contribution in [0.25, 0.3) is 0 Å². The number of piperazine rings is 1. The number of para-hydroxylation sites is 1. The number of benzene rings is 3. The molecule has 2 heterocycles. The number of methoxy groups -OCH3 is 2. The second kappa shape index (κ2) is 11.0. The van der Waals surface area contributed by atoms with E-state index in [2.05, 4.69) is 4.90 Å². The third kappa shape index (κ3) is 5.44. The summed E-state index contributed by atoms with van der Waals surface area (Å²) in [5, 5.41) is 6.43. The highest BCUT2D eigenvalue weighted by Crippen LogP contribution is 2.34. The lowest BCUT2D eigenvalue weighted by atomic mass is 9.98. The van der Waals surface area contributed by atoms with E-state index in [4.69, 9.17) is 14.6 Å². The Balaban J connectivity index is 1.32. The SMILES string of the molecule is COc1ccc(C2CC(c3cccc(OC)c3)=NN2C(=O)CN2CCN(c3ccccc3F)CC2)cc1. The highest BCUT2D eigenvalue weighted by molar-refractivity contribution is 6.03. The van der Waals surface area contributed by atoms with Crippen molar-refractivity contribution in [2.75, 3.05) is 51.8 Å². The average Bonchev–Trinajstić information content (AvgIpc) is 3.40. The lowest BCUT2D eigenvalue weighted by Gasteiger charge is -2.36. The summed E-state index contributed by atoms with van der Waals surface area (Å²) in [5.41, 5.74) is 3.39. The Kier molecular flexibility index (Phi) is 7.37. The number of carbonyl (C=O) groups is 1. The number of ether oxygens (including phenoxy) is 2. The van der Waals surface area contributed by atoms with E-state index in [9.17, 15) is 9.18 Å². The van der Waals surface area contributed by atoms with E-state index >= 15 is 0 Å². The molecular formula is C29H31FN4O3. The minimum Gasteiger partial charge on any atom is -0.497 e. The number of halogens is 1. The summed E-state index contributed by atoms with van der Waals surface area (Å²) in [6, 6.07) is 22.2. The van der Waals surface area contributed by atoms with Crippen molar-refractivity contribution in [3.8, 4) is 11.5 Å². The zero-order valence-corrected chi connectivity index (χ0v) is 21.1. The van der Waals surface area contributed by atoms with Crippen molar-refractivity contribution in [2.24, 2.45) is 5.10 Å². The summed E-state index contributed by atoms with van der Waals surface area (Å²) >= 11 is 0. The maximum Gasteiger partial charge on any atom is 0.257 e. The van der Waals surface area contributed by atoms with Gasteiger partial charge in [-0.1, -0.05) is 36.4 Å². The Morgan fingerprint density at radius 1 is 0.919 bits per heavy atom. The molecule has 5 rings (SSSR count). The molecule has 3 aromatic rings. The van der Waals surface area contributed by atoms with Gasteiger partial charge < -0.3 is 14.4 Å². The molecule has 192 valence electrons. The Morgan fingerprint density at radius 3 is 2.35 bits per heavy atom. The van der Waals surface area contributed by atoms with Crippen molar-refractivity contribution in [1.29, 1.82) is 0 Å². The molecule has 2 aliphatic heterocycles. The minimum atomic E-state index is -0.217. The zero-order valence-electron chi connectivity index (χ0n) is 21.1. The molecule has 0 N–H and O–H groups in total. The van der Waals surface area contributed by atoms with Gasteiger partial charge in [-0.25, -0.2) is 9.40 Å². The monoisotopic (exact) mass is 502 g/mol. The maximum absolute atomic E-state index is 14.2. The second-order valence-electron chi connectivity index (χ2n) is 9.22.